The lowest BCUT2D eigenvalue weighted by molar-refractivity contribution is -0.141. The zero-order valence-corrected chi connectivity index (χ0v) is 12.5. The van der Waals surface area contributed by atoms with Crippen LogP contribution in [0.5, 0.6) is 0 Å². The average Bonchev–Trinajstić information content (AvgIpc) is 2.55. The Kier molecular flexibility index (Phi) is 3.54. The molecule has 1 N–H and O–H groups in total. The lowest BCUT2D eigenvalue weighted by Gasteiger charge is -2.12. The summed E-state index contributed by atoms with van der Waals surface area (Å²) in [6.45, 7) is 7.06. The average molecular weight is 300 g/mol. The molecule has 0 amide bonds. The Morgan fingerprint density at radius 1 is 1.05 bits per heavy atom. The second-order valence-corrected chi connectivity index (χ2v) is 5.38. The van der Waals surface area contributed by atoms with Crippen LogP contribution in [0.25, 0.3) is 5.69 Å². The molecule has 2 nitrogen and oxygen atoms in total. The first-order valence-electron chi connectivity index (χ1n) is 6.10. The van der Waals surface area contributed by atoms with Crippen molar-refractivity contribution in [3.05, 3.63) is 44.7 Å². The fraction of sp³-hybridized carbons (Fsp3) is 0.357. The highest BCUT2D eigenvalue weighted by molar-refractivity contribution is 7.71. The van der Waals surface area contributed by atoms with Crippen molar-refractivity contribution < 1.29 is 13.2 Å². The first kappa shape index (κ1) is 14.8. The van der Waals surface area contributed by atoms with E-state index in [0.29, 0.717) is 5.69 Å². The van der Waals surface area contributed by atoms with Gasteiger partial charge in [-0.3, -0.25) is 5.10 Å². The van der Waals surface area contributed by atoms with Crippen molar-refractivity contribution in [3.8, 4) is 5.69 Å². The fourth-order valence-corrected chi connectivity index (χ4v) is 2.72. The highest BCUT2D eigenvalue weighted by Crippen LogP contribution is 2.32. The van der Waals surface area contributed by atoms with Crippen molar-refractivity contribution in [1.82, 2.24) is 9.78 Å². The van der Waals surface area contributed by atoms with Gasteiger partial charge in [0.05, 0.1) is 5.69 Å². The predicted octanol–water partition coefficient (Wildman–Crippen LogP) is 4.79. The molecule has 1 aromatic carbocycles. The summed E-state index contributed by atoms with van der Waals surface area (Å²) in [6.07, 6.45) is -4.44. The molecule has 2 aromatic rings. The highest BCUT2D eigenvalue weighted by Gasteiger charge is 2.35. The molecule has 2 rings (SSSR count). The van der Waals surface area contributed by atoms with Crippen LogP contribution in [-0.4, -0.2) is 9.78 Å². The molecular weight excluding hydrogens is 285 g/mol. The Morgan fingerprint density at radius 2 is 1.55 bits per heavy atom. The van der Waals surface area contributed by atoms with Gasteiger partial charge in [-0.1, -0.05) is 29.9 Å². The van der Waals surface area contributed by atoms with Crippen molar-refractivity contribution in [2.45, 2.75) is 33.9 Å². The minimum atomic E-state index is -4.44. The molecule has 0 fully saturated rings. The molecule has 0 aliphatic carbocycles. The molecule has 0 saturated carbocycles. The lowest BCUT2D eigenvalue weighted by atomic mass is 10.1. The summed E-state index contributed by atoms with van der Waals surface area (Å²) >= 11 is 5.15. The summed E-state index contributed by atoms with van der Waals surface area (Å²) in [5.74, 6) is 0. The van der Waals surface area contributed by atoms with E-state index < -0.39 is 11.9 Å². The maximum absolute atomic E-state index is 12.9. The third-order valence-electron chi connectivity index (χ3n) is 3.26. The summed E-state index contributed by atoms with van der Waals surface area (Å²) in [7, 11) is 0. The summed E-state index contributed by atoms with van der Waals surface area (Å²) in [6, 6.07) is 3.85. The summed E-state index contributed by atoms with van der Waals surface area (Å²) in [5.41, 5.74) is 2.77. The van der Waals surface area contributed by atoms with E-state index in [-0.39, 0.29) is 10.2 Å². The molecule has 0 bridgehead atoms. The molecule has 0 aliphatic heterocycles. The molecule has 108 valence electrons. The molecule has 6 heteroatoms. The monoisotopic (exact) mass is 300 g/mol. The number of hydrogen-bond donors (Lipinski definition) is 1. The molecular formula is C14H15F3N2S. The summed E-state index contributed by atoms with van der Waals surface area (Å²) in [4.78, 5) is 0. The quantitative estimate of drug-likeness (QED) is 0.751. The number of aryl methyl sites for hydroxylation is 3. The van der Waals surface area contributed by atoms with Gasteiger partial charge in [-0.2, -0.15) is 13.2 Å². The van der Waals surface area contributed by atoms with Gasteiger partial charge in [0.2, 0.25) is 0 Å². The Balaban J connectivity index is 2.76. The van der Waals surface area contributed by atoms with Gasteiger partial charge >= 0.3 is 6.18 Å². The van der Waals surface area contributed by atoms with Crippen LogP contribution in [-0.2, 0) is 6.18 Å². The Bertz CT molecular complexity index is 700. The van der Waals surface area contributed by atoms with Gasteiger partial charge in [0.25, 0.3) is 0 Å². The van der Waals surface area contributed by atoms with Crippen LogP contribution in [0.15, 0.2) is 12.1 Å². The van der Waals surface area contributed by atoms with Crippen molar-refractivity contribution in [2.75, 3.05) is 0 Å². The number of aromatic amines is 1. The minimum Gasteiger partial charge on any atom is -0.288 e. The second kappa shape index (κ2) is 4.77. The largest absolute Gasteiger partial charge is 0.433 e. The van der Waals surface area contributed by atoms with Crippen LogP contribution in [0.1, 0.15) is 27.9 Å². The molecule has 1 heterocycles. The number of hydrogen-bond acceptors (Lipinski definition) is 1. The Morgan fingerprint density at radius 3 is 1.95 bits per heavy atom. The Hall–Kier alpha value is -1.56. The smallest absolute Gasteiger partial charge is 0.288 e. The first-order chi connectivity index (χ1) is 9.12. The van der Waals surface area contributed by atoms with Crippen LogP contribution >= 0.6 is 12.2 Å². The van der Waals surface area contributed by atoms with E-state index >= 15 is 0 Å². The molecule has 1 aromatic heterocycles. The Labute approximate surface area is 120 Å². The van der Waals surface area contributed by atoms with Gasteiger partial charge in [0.1, 0.15) is 10.3 Å². The molecule has 0 aliphatic rings. The summed E-state index contributed by atoms with van der Waals surface area (Å²) in [5, 5.41) is 2.39. The minimum absolute atomic E-state index is 0.0480. The van der Waals surface area contributed by atoms with Gasteiger partial charge in [0.15, 0.2) is 0 Å². The molecule has 20 heavy (non-hydrogen) atoms. The predicted molar refractivity (Wildman–Crippen MR) is 74.9 cm³/mol. The summed E-state index contributed by atoms with van der Waals surface area (Å²) < 4.78 is 40.3. The number of H-pyrrole nitrogens is 1. The maximum atomic E-state index is 12.9. The topological polar surface area (TPSA) is 20.7 Å². The number of nitrogens with one attached hydrogen (secondary N) is 1. The van der Waals surface area contributed by atoms with E-state index in [0.717, 1.165) is 16.7 Å². The molecule has 0 radical (unpaired) electrons. The van der Waals surface area contributed by atoms with Crippen molar-refractivity contribution in [2.24, 2.45) is 0 Å². The van der Waals surface area contributed by atoms with E-state index in [4.69, 9.17) is 12.2 Å². The van der Waals surface area contributed by atoms with Gasteiger partial charge < -0.3 is 0 Å². The number of rotatable bonds is 1. The number of aromatic nitrogens is 2. The lowest BCUT2D eigenvalue weighted by Crippen LogP contribution is -2.09. The number of halogens is 3. The molecule has 0 spiro atoms. The van der Waals surface area contributed by atoms with Crippen LogP contribution < -0.4 is 0 Å². The second-order valence-electron chi connectivity index (χ2n) is 5.00. The normalized spacial score (nSPS) is 11.9. The van der Waals surface area contributed by atoms with Gasteiger partial charge in [-0.05, 0) is 38.8 Å². The standard InChI is InChI=1S/C14H15F3N2S/c1-7-5-8(2)11(9(3)6-7)19-13(20)10(4)12(18-19)14(15,16)17/h5-6,18H,1-4H3. The SMILES string of the molecule is Cc1cc(C)c(-n2[nH]c(C(F)(F)F)c(C)c2=S)c(C)c1. The van der Waals surface area contributed by atoms with E-state index in [1.165, 1.54) is 11.6 Å². The fourth-order valence-electron chi connectivity index (χ4n) is 2.48. The van der Waals surface area contributed by atoms with Crippen LogP contribution in [0, 0.1) is 32.3 Å². The van der Waals surface area contributed by atoms with E-state index in [2.05, 4.69) is 5.10 Å². The van der Waals surface area contributed by atoms with Crippen LogP contribution in [0.4, 0.5) is 13.2 Å². The van der Waals surface area contributed by atoms with Crippen molar-refractivity contribution in [1.29, 1.82) is 0 Å². The van der Waals surface area contributed by atoms with Crippen molar-refractivity contribution in [3.63, 3.8) is 0 Å². The zero-order valence-electron chi connectivity index (χ0n) is 11.6. The molecule has 0 saturated heterocycles. The van der Waals surface area contributed by atoms with Crippen LogP contribution in [0.3, 0.4) is 0 Å². The molecule has 0 unspecified atom stereocenters. The van der Waals surface area contributed by atoms with Gasteiger partial charge in [0, 0.05) is 5.56 Å². The van der Waals surface area contributed by atoms with E-state index in [1.807, 2.05) is 32.9 Å². The van der Waals surface area contributed by atoms with E-state index in [9.17, 15) is 13.2 Å². The third-order valence-corrected chi connectivity index (χ3v) is 3.75. The zero-order chi connectivity index (χ0) is 15.2. The first-order valence-corrected chi connectivity index (χ1v) is 6.50. The number of nitrogens with zero attached hydrogens (tertiary/aromatic N) is 1. The van der Waals surface area contributed by atoms with E-state index in [1.54, 1.807) is 0 Å². The molecule has 0 atom stereocenters. The third kappa shape index (κ3) is 2.40. The van der Waals surface area contributed by atoms with Crippen LogP contribution in [0.2, 0.25) is 0 Å². The number of alkyl halides is 3. The van der Waals surface area contributed by atoms with Crippen molar-refractivity contribution >= 4 is 12.2 Å². The maximum Gasteiger partial charge on any atom is 0.433 e. The van der Waals surface area contributed by atoms with Gasteiger partial charge in [-0.25, -0.2) is 4.68 Å². The number of benzene rings is 1. The van der Waals surface area contributed by atoms with Gasteiger partial charge in [-0.15, -0.1) is 0 Å². The highest BCUT2D eigenvalue weighted by atomic mass is 32.1.